The number of rotatable bonds is 4. The molecule has 4 amide bonds. The third-order valence-corrected chi connectivity index (χ3v) is 5.31. The van der Waals surface area contributed by atoms with Crippen LogP contribution in [0.15, 0.2) is 60.2 Å². The van der Waals surface area contributed by atoms with Crippen LogP contribution in [0.5, 0.6) is 11.5 Å². The summed E-state index contributed by atoms with van der Waals surface area (Å²) in [6, 6.07) is 14.2. The molecular formula is C24H21N3O5. The van der Waals surface area contributed by atoms with Gasteiger partial charge >= 0.3 is 6.03 Å². The number of amides is 4. The molecule has 32 heavy (non-hydrogen) atoms. The molecular weight excluding hydrogens is 410 g/mol. The minimum Gasteiger partial charge on any atom is -0.508 e. The van der Waals surface area contributed by atoms with E-state index in [4.69, 9.17) is 4.74 Å². The van der Waals surface area contributed by atoms with Gasteiger partial charge in [0.05, 0.1) is 12.8 Å². The second kappa shape index (κ2) is 8.07. The number of benzene rings is 2. The van der Waals surface area contributed by atoms with Crippen LogP contribution in [0, 0.1) is 13.8 Å². The molecule has 2 heterocycles. The van der Waals surface area contributed by atoms with Crippen LogP contribution in [0.3, 0.4) is 0 Å². The Morgan fingerprint density at radius 1 is 0.938 bits per heavy atom. The molecule has 4 rings (SSSR count). The Hall–Kier alpha value is -4.33. The molecule has 1 saturated heterocycles. The number of hydrogen-bond donors (Lipinski definition) is 2. The van der Waals surface area contributed by atoms with Crippen molar-refractivity contribution >= 4 is 29.6 Å². The van der Waals surface area contributed by atoms with E-state index in [-0.39, 0.29) is 11.3 Å². The van der Waals surface area contributed by atoms with Crippen LogP contribution < -0.4 is 15.0 Å². The van der Waals surface area contributed by atoms with Crippen molar-refractivity contribution in [3.05, 3.63) is 77.1 Å². The Bertz CT molecular complexity index is 1250. The third-order valence-electron chi connectivity index (χ3n) is 5.31. The summed E-state index contributed by atoms with van der Waals surface area (Å²) >= 11 is 0. The molecule has 0 bridgehead atoms. The van der Waals surface area contributed by atoms with Gasteiger partial charge < -0.3 is 14.4 Å². The van der Waals surface area contributed by atoms with Gasteiger partial charge in [-0.2, -0.15) is 0 Å². The van der Waals surface area contributed by atoms with E-state index >= 15 is 0 Å². The molecule has 8 heteroatoms. The molecule has 2 aromatic carbocycles. The van der Waals surface area contributed by atoms with Crippen molar-refractivity contribution in [1.29, 1.82) is 0 Å². The fourth-order valence-electron chi connectivity index (χ4n) is 3.71. The first-order valence-corrected chi connectivity index (χ1v) is 9.84. The maximum Gasteiger partial charge on any atom is 0.335 e. The number of nitrogens with one attached hydrogen (secondary N) is 1. The second-order valence-corrected chi connectivity index (χ2v) is 7.33. The van der Waals surface area contributed by atoms with E-state index in [9.17, 15) is 19.5 Å². The van der Waals surface area contributed by atoms with Gasteiger partial charge in [-0.15, -0.1) is 0 Å². The van der Waals surface area contributed by atoms with Crippen molar-refractivity contribution < 1.29 is 24.2 Å². The van der Waals surface area contributed by atoms with E-state index < -0.39 is 17.8 Å². The number of methoxy groups -OCH3 is 1. The number of nitrogens with zero attached hydrogens (tertiary/aromatic N) is 2. The van der Waals surface area contributed by atoms with Crippen LogP contribution in [0.25, 0.3) is 11.8 Å². The number of carbonyl (C=O) groups excluding carboxylic acids is 3. The summed E-state index contributed by atoms with van der Waals surface area (Å²) in [5.41, 5.74) is 3.35. The van der Waals surface area contributed by atoms with Crippen molar-refractivity contribution in [1.82, 2.24) is 9.88 Å². The lowest BCUT2D eigenvalue weighted by Crippen LogP contribution is -2.54. The summed E-state index contributed by atoms with van der Waals surface area (Å²) in [5, 5.41) is 11.8. The highest BCUT2D eigenvalue weighted by molar-refractivity contribution is 6.39. The van der Waals surface area contributed by atoms with Crippen molar-refractivity contribution in [2.45, 2.75) is 13.8 Å². The Morgan fingerprint density at radius 3 is 2.19 bits per heavy atom. The summed E-state index contributed by atoms with van der Waals surface area (Å²) in [6.45, 7) is 3.77. The van der Waals surface area contributed by atoms with Gasteiger partial charge in [0.15, 0.2) is 0 Å². The van der Waals surface area contributed by atoms with E-state index in [0.717, 1.165) is 22.0 Å². The summed E-state index contributed by atoms with van der Waals surface area (Å²) in [4.78, 5) is 38.9. The molecule has 1 aliphatic rings. The first-order chi connectivity index (χ1) is 15.3. The van der Waals surface area contributed by atoms with Gasteiger partial charge in [-0.05, 0) is 80.1 Å². The normalized spacial score (nSPS) is 15.3. The molecule has 0 radical (unpaired) electrons. The Morgan fingerprint density at radius 2 is 1.56 bits per heavy atom. The molecule has 0 spiro atoms. The van der Waals surface area contributed by atoms with Gasteiger partial charge in [-0.1, -0.05) is 0 Å². The van der Waals surface area contributed by atoms with E-state index in [1.54, 1.807) is 48.5 Å². The van der Waals surface area contributed by atoms with E-state index in [2.05, 4.69) is 5.32 Å². The average Bonchev–Trinajstić information content (AvgIpc) is 3.05. The zero-order valence-corrected chi connectivity index (χ0v) is 17.7. The standard InChI is InChI=1S/C24H21N3O5/c1-14-12-16(15(2)26(14)17-4-8-19(28)9-5-17)13-21-22(29)25-24(31)27(23(21)30)18-6-10-20(32-3)11-7-18/h4-13,28H,1-3H3,(H,25,29,31). The predicted molar refractivity (Wildman–Crippen MR) is 119 cm³/mol. The molecule has 1 aromatic heterocycles. The van der Waals surface area contributed by atoms with Gasteiger partial charge in [0, 0.05) is 17.1 Å². The van der Waals surface area contributed by atoms with Crippen LogP contribution in [0.2, 0.25) is 0 Å². The zero-order valence-electron chi connectivity index (χ0n) is 17.7. The second-order valence-electron chi connectivity index (χ2n) is 7.33. The molecule has 1 fully saturated rings. The van der Waals surface area contributed by atoms with Gasteiger partial charge in [0.2, 0.25) is 0 Å². The first kappa shape index (κ1) is 20.9. The predicted octanol–water partition coefficient (Wildman–Crippen LogP) is 3.47. The topological polar surface area (TPSA) is 101 Å². The van der Waals surface area contributed by atoms with Gasteiger partial charge in [-0.25, -0.2) is 9.69 Å². The maximum atomic E-state index is 13.1. The number of phenolic OH excluding ortho intramolecular Hbond substituents is 1. The lowest BCUT2D eigenvalue weighted by Gasteiger charge is -2.26. The minimum absolute atomic E-state index is 0.147. The number of ether oxygens (including phenoxy) is 1. The summed E-state index contributed by atoms with van der Waals surface area (Å²) < 4.78 is 7.06. The quantitative estimate of drug-likeness (QED) is 0.487. The Balaban J connectivity index is 1.73. The number of phenols is 1. The summed E-state index contributed by atoms with van der Waals surface area (Å²) in [7, 11) is 1.52. The van der Waals surface area contributed by atoms with E-state index in [1.807, 2.05) is 24.5 Å². The number of aromatic hydroxyl groups is 1. The maximum absolute atomic E-state index is 13.1. The highest BCUT2D eigenvalue weighted by Gasteiger charge is 2.37. The molecule has 2 N–H and O–H groups in total. The van der Waals surface area contributed by atoms with Gasteiger partial charge in [0.25, 0.3) is 11.8 Å². The highest BCUT2D eigenvalue weighted by Crippen LogP contribution is 2.27. The SMILES string of the molecule is COc1ccc(N2C(=O)NC(=O)C(=Cc3cc(C)n(-c4ccc(O)cc4)c3C)C2=O)cc1. The number of aromatic nitrogens is 1. The van der Waals surface area contributed by atoms with Gasteiger partial charge in [-0.3, -0.25) is 14.9 Å². The Labute approximate surface area is 184 Å². The molecule has 0 saturated carbocycles. The third kappa shape index (κ3) is 3.62. The fourth-order valence-corrected chi connectivity index (χ4v) is 3.71. The van der Waals surface area contributed by atoms with Crippen molar-refractivity contribution in [3.63, 3.8) is 0 Å². The number of anilines is 1. The largest absolute Gasteiger partial charge is 0.508 e. The number of imide groups is 2. The first-order valence-electron chi connectivity index (χ1n) is 9.84. The van der Waals surface area contributed by atoms with Crippen LogP contribution in [0.4, 0.5) is 10.5 Å². The van der Waals surface area contributed by atoms with Crippen LogP contribution >= 0.6 is 0 Å². The Kier molecular flexibility index (Phi) is 5.28. The highest BCUT2D eigenvalue weighted by atomic mass is 16.5. The zero-order chi connectivity index (χ0) is 23.0. The molecule has 0 unspecified atom stereocenters. The number of urea groups is 1. The molecule has 1 aliphatic heterocycles. The lowest BCUT2D eigenvalue weighted by molar-refractivity contribution is -0.122. The lowest BCUT2D eigenvalue weighted by atomic mass is 10.1. The number of barbiturate groups is 1. The number of hydrogen-bond acceptors (Lipinski definition) is 5. The van der Waals surface area contributed by atoms with Crippen molar-refractivity contribution in [2.75, 3.05) is 12.0 Å². The van der Waals surface area contributed by atoms with Crippen molar-refractivity contribution in [2.24, 2.45) is 0 Å². The summed E-state index contributed by atoms with van der Waals surface area (Å²) in [5.74, 6) is -0.726. The van der Waals surface area contributed by atoms with Crippen LogP contribution in [-0.4, -0.2) is 34.6 Å². The molecule has 0 atom stereocenters. The minimum atomic E-state index is -0.808. The fraction of sp³-hybridized carbons (Fsp3) is 0.125. The van der Waals surface area contributed by atoms with E-state index in [1.165, 1.54) is 13.2 Å². The smallest absolute Gasteiger partial charge is 0.335 e. The monoisotopic (exact) mass is 431 g/mol. The van der Waals surface area contributed by atoms with Crippen molar-refractivity contribution in [3.8, 4) is 17.2 Å². The average molecular weight is 431 g/mol. The molecule has 3 aromatic rings. The van der Waals surface area contributed by atoms with Crippen LogP contribution in [-0.2, 0) is 9.59 Å². The van der Waals surface area contributed by atoms with Gasteiger partial charge in [0.1, 0.15) is 17.1 Å². The molecule has 162 valence electrons. The van der Waals surface area contributed by atoms with Crippen LogP contribution in [0.1, 0.15) is 17.0 Å². The molecule has 8 nitrogen and oxygen atoms in total. The number of aryl methyl sites for hydroxylation is 1. The molecule has 0 aliphatic carbocycles. The number of carbonyl (C=O) groups is 3. The summed E-state index contributed by atoms with van der Waals surface area (Å²) in [6.07, 6.45) is 1.49. The van der Waals surface area contributed by atoms with E-state index in [0.29, 0.717) is 17.0 Å².